The van der Waals surface area contributed by atoms with Gasteiger partial charge in [-0.05, 0) is 12.5 Å². The topological polar surface area (TPSA) is 24.7 Å². The zero-order chi connectivity index (χ0) is 6.53. The first-order valence-corrected chi connectivity index (χ1v) is 2.93. The Morgan fingerprint density at radius 3 is 3.33 bits per heavy atom. The second-order valence-corrected chi connectivity index (χ2v) is 1.68. The number of hydrogen-bond donors (Lipinski definition) is 0. The summed E-state index contributed by atoms with van der Waals surface area (Å²) in [5.41, 5.74) is 1.05. The van der Waals surface area contributed by atoms with E-state index in [1.54, 1.807) is 12.4 Å². The minimum Gasteiger partial charge on any atom is -0.251 e. The summed E-state index contributed by atoms with van der Waals surface area (Å²) in [4.78, 5) is 7.81. The van der Waals surface area contributed by atoms with E-state index in [-0.39, 0.29) is 0 Å². The zero-order valence-corrected chi connectivity index (χ0v) is 5.33. The van der Waals surface area contributed by atoms with Crippen molar-refractivity contribution >= 4 is 11.6 Å². The summed E-state index contributed by atoms with van der Waals surface area (Å²) in [5, 5.41) is 0. The number of allylic oxidation sites excluding steroid dienone is 1. The van der Waals surface area contributed by atoms with Crippen LogP contribution in [0.25, 0.3) is 0 Å². The van der Waals surface area contributed by atoms with E-state index in [1.807, 2.05) is 6.08 Å². The predicted molar refractivity (Wildman–Crippen MR) is 38.9 cm³/mol. The normalized spacial score (nSPS) is 15.4. The molecule has 0 amide bonds. The molecule has 0 atom stereocenters. The van der Waals surface area contributed by atoms with E-state index in [4.69, 9.17) is 0 Å². The Morgan fingerprint density at radius 2 is 2.56 bits per heavy atom. The first kappa shape index (κ1) is 5.99. The van der Waals surface area contributed by atoms with Crippen LogP contribution in [0.5, 0.6) is 0 Å². The molecule has 2 nitrogen and oxygen atoms in total. The maximum absolute atomic E-state index is 4.04. The maximum Gasteiger partial charge on any atom is 0.0884 e. The van der Waals surface area contributed by atoms with Crippen LogP contribution >= 0.6 is 0 Å². The second kappa shape index (κ2) is 3.00. The standard InChI is InChI=1S/C7H8N2/c1-2-7-3-4-8-5-6-9-7/h3-4,6H,2H2,1H3. The molecule has 0 saturated heterocycles. The molecule has 9 heavy (non-hydrogen) atoms. The lowest BCUT2D eigenvalue weighted by Crippen LogP contribution is -1.86. The molecule has 46 valence electrons. The van der Waals surface area contributed by atoms with Gasteiger partial charge >= 0.3 is 0 Å². The molecular formula is C7H8N2. The van der Waals surface area contributed by atoms with Crippen LogP contribution in [0.3, 0.4) is 0 Å². The average molecular weight is 120 g/mol. The van der Waals surface area contributed by atoms with Crippen LogP contribution in [0.2, 0.25) is 0 Å². The average Bonchev–Trinajstić information content (AvgIpc) is 2.13. The highest BCUT2D eigenvalue weighted by atomic mass is 14.7. The van der Waals surface area contributed by atoms with E-state index in [0.717, 1.165) is 12.1 Å². The van der Waals surface area contributed by atoms with Crippen molar-refractivity contribution in [2.45, 2.75) is 13.3 Å². The van der Waals surface area contributed by atoms with Crippen LogP contribution in [-0.2, 0) is 0 Å². The molecule has 0 N–H and O–H groups in total. The molecule has 0 bridgehead atoms. The lowest BCUT2D eigenvalue weighted by molar-refractivity contribution is 1.28. The highest BCUT2D eigenvalue weighted by molar-refractivity contribution is 5.96. The van der Waals surface area contributed by atoms with Gasteiger partial charge in [-0.3, -0.25) is 4.99 Å². The molecule has 1 rings (SSSR count). The van der Waals surface area contributed by atoms with Gasteiger partial charge in [0.25, 0.3) is 0 Å². The quantitative estimate of drug-likeness (QED) is 0.501. The molecular weight excluding hydrogens is 112 g/mol. The van der Waals surface area contributed by atoms with Crippen molar-refractivity contribution in [1.29, 1.82) is 0 Å². The van der Waals surface area contributed by atoms with Crippen LogP contribution in [0, 0.1) is 0 Å². The van der Waals surface area contributed by atoms with Gasteiger partial charge in [0.05, 0.1) is 6.20 Å². The van der Waals surface area contributed by atoms with E-state index in [9.17, 15) is 0 Å². The molecule has 2 heteroatoms. The van der Waals surface area contributed by atoms with Gasteiger partial charge < -0.3 is 0 Å². The molecule has 0 radical (unpaired) electrons. The van der Waals surface area contributed by atoms with Crippen LogP contribution in [0.1, 0.15) is 13.3 Å². The smallest absolute Gasteiger partial charge is 0.0884 e. The van der Waals surface area contributed by atoms with Crippen molar-refractivity contribution in [2.75, 3.05) is 0 Å². The molecule has 1 heterocycles. The van der Waals surface area contributed by atoms with E-state index in [0.29, 0.717) is 0 Å². The van der Waals surface area contributed by atoms with E-state index >= 15 is 0 Å². The van der Waals surface area contributed by atoms with Gasteiger partial charge in [0.1, 0.15) is 0 Å². The van der Waals surface area contributed by atoms with Gasteiger partial charge in [-0.25, -0.2) is 4.99 Å². The van der Waals surface area contributed by atoms with Crippen molar-refractivity contribution in [2.24, 2.45) is 9.98 Å². The van der Waals surface area contributed by atoms with E-state index < -0.39 is 0 Å². The minimum atomic E-state index is 0.949. The Bertz CT molecular complexity index is 205. The summed E-state index contributed by atoms with van der Waals surface area (Å²) in [6.45, 7) is 2.06. The number of aliphatic imine (C=N–C) groups is 2. The van der Waals surface area contributed by atoms with Gasteiger partial charge in [0, 0.05) is 17.8 Å². The van der Waals surface area contributed by atoms with E-state index in [1.165, 1.54) is 0 Å². The monoisotopic (exact) mass is 120 g/mol. The molecule has 0 spiro atoms. The number of hydrogen-bond acceptors (Lipinski definition) is 2. The first-order valence-electron chi connectivity index (χ1n) is 2.93. The van der Waals surface area contributed by atoms with E-state index in [2.05, 4.69) is 22.8 Å². The van der Waals surface area contributed by atoms with Gasteiger partial charge in [-0.2, -0.15) is 0 Å². The zero-order valence-electron chi connectivity index (χ0n) is 5.33. The van der Waals surface area contributed by atoms with Crippen molar-refractivity contribution in [1.82, 2.24) is 0 Å². The fourth-order valence-corrected chi connectivity index (χ4v) is 0.564. The summed E-state index contributed by atoms with van der Waals surface area (Å²) in [7, 11) is 0. The van der Waals surface area contributed by atoms with Crippen LogP contribution < -0.4 is 0 Å². The molecule has 0 aromatic rings. The maximum atomic E-state index is 4.04. The van der Waals surface area contributed by atoms with Gasteiger partial charge in [-0.1, -0.05) is 6.92 Å². The molecule has 0 aromatic carbocycles. The van der Waals surface area contributed by atoms with Crippen LogP contribution in [0.4, 0.5) is 0 Å². The minimum absolute atomic E-state index is 0.949. The summed E-state index contributed by atoms with van der Waals surface area (Å²) in [6, 6.07) is 0. The Kier molecular flexibility index (Phi) is 2.00. The second-order valence-electron chi connectivity index (χ2n) is 1.68. The Labute approximate surface area is 54.3 Å². The lowest BCUT2D eigenvalue weighted by Gasteiger charge is -1.87. The third-order valence-electron chi connectivity index (χ3n) is 1.07. The molecule has 1 aliphatic rings. The molecule has 0 fully saturated rings. The summed E-state index contributed by atoms with van der Waals surface area (Å²) in [5.74, 6) is 2.64. The van der Waals surface area contributed by atoms with Crippen molar-refractivity contribution in [3.63, 3.8) is 0 Å². The first-order chi connectivity index (χ1) is 4.43. The SMILES string of the molecule is CCC1=NC=C=NC=C1. The molecule has 0 saturated carbocycles. The molecule has 0 aliphatic carbocycles. The fraction of sp³-hybridized carbons (Fsp3) is 0.286. The van der Waals surface area contributed by atoms with Gasteiger partial charge in [-0.15, -0.1) is 0 Å². The molecule has 1 aliphatic heterocycles. The Morgan fingerprint density at radius 1 is 1.67 bits per heavy atom. The number of rotatable bonds is 1. The third-order valence-corrected chi connectivity index (χ3v) is 1.07. The largest absolute Gasteiger partial charge is 0.251 e. The van der Waals surface area contributed by atoms with Crippen molar-refractivity contribution in [3.8, 4) is 0 Å². The van der Waals surface area contributed by atoms with Crippen LogP contribution in [0.15, 0.2) is 28.5 Å². The van der Waals surface area contributed by atoms with Crippen molar-refractivity contribution in [3.05, 3.63) is 18.5 Å². The highest BCUT2D eigenvalue weighted by Gasteiger charge is 1.86. The Hall–Kier alpha value is -1.14. The summed E-state index contributed by atoms with van der Waals surface area (Å²) >= 11 is 0. The van der Waals surface area contributed by atoms with Crippen molar-refractivity contribution < 1.29 is 0 Å². The Balaban J connectivity index is 2.78. The predicted octanol–water partition coefficient (Wildman–Crippen LogP) is 1.55. The molecule has 0 unspecified atom stereocenters. The van der Waals surface area contributed by atoms with Gasteiger partial charge in [0.2, 0.25) is 0 Å². The fourth-order valence-electron chi connectivity index (χ4n) is 0.564. The molecule has 0 aromatic heterocycles. The summed E-state index contributed by atoms with van der Waals surface area (Å²) < 4.78 is 0. The van der Waals surface area contributed by atoms with Crippen LogP contribution in [-0.4, -0.2) is 11.6 Å². The van der Waals surface area contributed by atoms with Gasteiger partial charge in [0.15, 0.2) is 0 Å². The third kappa shape index (κ3) is 1.67. The highest BCUT2D eigenvalue weighted by Crippen LogP contribution is 1.91. The number of nitrogens with zero attached hydrogens (tertiary/aromatic N) is 2. The summed E-state index contributed by atoms with van der Waals surface area (Å²) in [6.07, 6.45) is 6.12. The lowest BCUT2D eigenvalue weighted by atomic mass is 10.3.